The summed E-state index contributed by atoms with van der Waals surface area (Å²) < 4.78 is 1.27. The zero-order chi connectivity index (χ0) is 14.9. The van der Waals surface area contributed by atoms with E-state index in [9.17, 15) is 0 Å². The number of likely N-dealkylation sites (tertiary alicyclic amines) is 1. The Balaban J connectivity index is 1.64. The van der Waals surface area contributed by atoms with Crippen LogP contribution in [0.25, 0.3) is 10.2 Å². The van der Waals surface area contributed by atoms with Gasteiger partial charge in [-0.1, -0.05) is 6.42 Å². The van der Waals surface area contributed by atoms with Crippen LogP contribution >= 0.6 is 11.3 Å². The molecule has 0 saturated carbocycles. The second-order valence-electron chi connectivity index (χ2n) is 6.63. The van der Waals surface area contributed by atoms with Gasteiger partial charge in [0.05, 0.1) is 10.2 Å². The van der Waals surface area contributed by atoms with Crippen molar-refractivity contribution in [2.75, 3.05) is 31.1 Å². The van der Waals surface area contributed by atoms with Crippen molar-refractivity contribution in [3.63, 3.8) is 0 Å². The fourth-order valence-corrected chi connectivity index (χ4v) is 4.92. The van der Waals surface area contributed by atoms with Gasteiger partial charge in [0.1, 0.15) is 12.1 Å². The van der Waals surface area contributed by atoms with Gasteiger partial charge in [0.25, 0.3) is 0 Å². The average molecular weight is 316 g/mol. The molecule has 118 valence electrons. The lowest BCUT2D eigenvalue weighted by Crippen LogP contribution is -2.41. The molecule has 0 aromatic carbocycles. The number of thiophene rings is 1. The highest BCUT2D eigenvalue weighted by Crippen LogP contribution is 2.32. The van der Waals surface area contributed by atoms with E-state index in [0.29, 0.717) is 6.04 Å². The molecule has 5 heteroatoms. The Labute approximate surface area is 136 Å². The van der Waals surface area contributed by atoms with Gasteiger partial charge in [-0.25, -0.2) is 9.97 Å². The summed E-state index contributed by atoms with van der Waals surface area (Å²) >= 11 is 1.79. The SMILES string of the molecule is Cc1csc2c(N3CCCC[C@H](N4CCCC4)C3)ncnc12. The summed E-state index contributed by atoms with van der Waals surface area (Å²) in [7, 11) is 0. The van der Waals surface area contributed by atoms with E-state index in [4.69, 9.17) is 0 Å². The van der Waals surface area contributed by atoms with E-state index in [1.165, 1.54) is 55.5 Å². The van der Waals surface area contributed by atoms with Crippen LogP contribution in [-0.2, 0) is 0 Å². The molecule has 1 atom stereocenters. The molecule has 2 aliphatic heterocycles. The van der Waals surface area contributed by atoms with Gasteiger partial charge in [-0.05, 0) is 56.6 Å². The van der Waals surface area contributed by atoms with E-state index in [1.807, 2.05) is 0 Å². The summed E-state index contributed by atoms with van der Waals surface area (Å²) in [6, 6.07) is 0.705. The molecule has 2 aromatic heterocycles. The molecular formula is C17H24N4S. The molecule has 4 nitrogen and oxygen atoms in total. The van der Waals surface area contributed by atoms with Crippen LogP contribution in [0, 0.1) is 6.92 Å². The van der Waals surface area contributed by atoms with E-state index in [-0.39, 0.29) is 0 Å². The summed E-state index contributed by atoms with van der Waals surface area (Å²) in [5.74, 6) is 1.16. The minimum Gasteiger partial charge on any atom is -0.354 e. The number of hydrogen-bond acceptors (Lipinski definition) is 5. The molecule has 0 aliphatic carbocycles. The minimum atomic E-state index is 0.705. The first-order valence-electron chi connectivity index (χ1n) is 8.51. The van der Waals surface area contributed by atoms with Gasteiger partial charge in [0.2, 0.25) is 0 Å². The largest absolute Gasteiger partial charge is 0.354 e. The van der Waals surface area contributed by atoms with Crippen LogP contribution in [0.15, 0.2) is 11.7 Å². The lowest BCUT2D eigenvalue weighted by molar-refractivity contribution is 0.236. The normalized spacial score (nSPS) is 24.0. The maximum atomic E-state index is 4.65. The van der Waals surface area contributed by atoms with Gasteiger partial charge in [0, 0.05) is 19.1 Å². The van der Waals surface area contributed by atoms with Crippen molar-refractivity contribution < 1.29 is 0 Å². The molecule has 4 heterocycles. The number of fused-ring (bicyclic) bond motifs is 1. The van der Waals surface area contributed by atoms with E-state index in [1.54, 1.807) is 17.7 Å². The van der Waals surface area contributed by atoms with Gasteiger partial charge >= 0.3 is 0 Å². The quantitative estimate of drug-likeness (QED) is 0.849. The average Bonchev–Trinajstić information content (AvgIpc) is 3.13. The Bertz CT molecular complexity index is 647. The first kappa shape index (κ1) is 14.4. The van der Waals surface area contributed by atoms with Gasteiger partial charge in [-0.15, -0.1) is 11.3 Å². The molecule has 2 aliphatic rings. The van der Waals surface area contributed by atoms with E-state index in [2.05, 4.69) is 32.1 Å². The molecule has 4 rings (SSSR count). The minimum absolute atomic E-state index is 0.705. The molecule has 2 aromatic rings. The van der Waals surface area contributed by atoms with Crippen LogP contribution in [0.4, 0.5) is 5.82 Å². The van der Waals surface area contributed by atoms with Crippen LogP contribution in [-0.4, -0.2) is 47.1 Å². The van der Waals surface area contributed by atoms with Crippen molar-refractivity contribution in [2.45, 2.75) is 45.1 Å². The summed E-state index contributed by atoms with van der Waals surface area (Å²) in [5.41, 5.74) is 2.41. The Morgan fingerprint density at radius 3 is 2.77 bits per heavy atom. The molecule has 0 radical (unpaired) electrons. The van der Waals surface area contributed by atoms with Gasteiger partial charge in [-0.3, -0.25) is 4.90 Å². The number of aryl methyl sites for hydroxylation is 1. The predicted octanol–water partition coefficient (Wildman–Crippen LogP) is 3.45. The second-order valence-corrected chi connectivity index (χ2v) is 7.51. The number of nitrogens with zero attached hydrogens (tertiary/aromatic N) is 4. The molecular weight excluding hydrogens is 292 g/mol. The summed E-state index contributed by atoms with van der Waals surface area (Å²) in [6.45, 7) is 6.98. The summed E-state index contributed by atoms with van der Waals surface area (Å²) in [6.07, 6.45) is 8.45. The van der Waals surface area contributed by atoms with E-state index < -0.39 is 0 Å². The predicted molar refractivity (Wildman–Crippen MR) is 92.8 cm³/mol. The highest BCUT2D eigenvalue weighted by Gasteiger charge is 2.27. The number of aromatic nitrogens is 2. The van der Waals surface area contributed by atoms with Gasteiger partial charge < -0.3 is 4.90 Å². The van der Waals surface area contributed by atoms with Gasteiger partial charge in [-0.2, -0.15) is 0 Å². The molecule has 0 spiro atoms. The number of anilines is 1. The third-order valence-electron chi connectivity index (χ3n) is 5.12. The molecule has 2 fully saturated rings. The molecule has 2 saturated heterocycles. The zero-order valence-corrected chi connectivity index (χ0v) is 14.1. The Kier molecular flexibility index (Phi) is 4.01. The van der Waals surface area contributed by atoms with Gasteiger partial charge in [0.15, 0.2) is 0 Å². The van der Waals surface area contributed by atoms with Crippen LogP contribution in [0.2, 0.25) is 0 Å². The fraction of sp³-hybridized carbons (Fsp3) is 0.647. The number of rotatable bonds is 2. The first-order chi connectivity index (χ1) is 10.8. The molecule has 0 N–H and O–H groups in total. The highest BCUT2D eigenvalue weighted by atomic mass is 32.1. The van der Waals surface area contributed by atoms with Crippen molar-refractivity contribution >= 4 is 27.4 Å². The Morgan fingerprint density at radius 1 is 1.09 bits per heavy atom. The molecule has 0 amide bonds. The van der Waals surface area contributed by atoms with Crippen LogP contribution < -0.4 is 4.90 Å². The lowest BCUT2D eigenvalue weighted by Gasteiger charge is -2.31. The Morgan fingerprint density at radius 2 is 1.91 bits per heavy atom. The third-order valence-corrected chi connectivity index (χ3v) is 6.20. The highest BCUT2D eigenvalue weighted by molar-refractivity contribution is 7.18. The van der Waals surface area contributed by atoms with Crippen molar-refractivity contribution in [3.05, 3.63) is 17.3 Å². The standard InChI is InChI=1S/C17H24N4S/c1-13-11-22-16-15(13)18-12-19-17(16)21-9-3-2-6-14(10-21)20-7-4-5-8-20/h11-12,14H,2-10H2,1H3/t14-/m0/s1. The van der Waals surface area contributed by atoms with Crippen molar-refractivity contribution in [2.24, 2.45) is 0 Å². The van der Waals surface area contributed by atoms with Crippen molar-refractivity contribution in [1.82, 2.24) is 14.9 Å². The number of hydrogen-bond donors (Lipinski definition) is 0. The smallest absolute Gasteiger partial charge is 0.150 e. The Hall–Kier alpha value is -1.20. The van der Waals surface area contributed by atoms with Crippen molar-refractivity contribution in [1.29, 1.82) is 0 Å². The van der Waals surface area contributed by atoms with E-state index in [0.717, 1.165) is 24.4 Å². The first-order valence-corrected chi connectivity index (χ1v) is 9.38. The maximum absolute atomic E-state index is 4.65. The summed E-state index contributed by atoms with van der Waals surface area (Å²) in [5, 5.41) is 2.21. The lowest BCUT2D eigenvalue weighted by atomic mass is 10.1. The zero-order valence-electron chi connectivity index (χ0n) is 13.3. The second kappa shape index (κ2) is 6.13. The van der Waals surface area contributed by atoms with Crippen molar-refractivity contribution in [3.8, 4) is 0 Å². The van der Waals surface area contributed by atoms with Crippen LogP contribution in [0.5, 0.6) is 0 Å². The molecule has 22 heavy (non-hydrogen) atoms. The monoisotopic (exact) mass is 316 g/mol. The van der Waals surface area contributed by atoms with Crippen LogP contribution in [0.1, 0.15) is 37.7 Å². The maximum Gasteiger partial charge on any atom is 0.150 e. The van der Waals surface area contributed by atoms with Crippen LogP contribution in [0.3, 0.4) is 0 Å². The van der Waals surface area contributed by atoms with E-state index >= 15 is 0 Å². The third kappa shape index (κ3) is 2.61. The molecule has 0 bridgehead atoms. The molecule has 0 unspecified atom stereocenters. The topological polar surface area (TPSA) is 32.3 Å². The summed E-state index contributed by atoms with van der Waals surface area (Å²) in [4.78, 5) is 14.4. The fourth-order valence-electron chi connectivity index (χ4n) is 3.90.